The number of hydrogen-bond acceptors (Lipinski definition) is 5. The van der Waals surface area contributed by atoms with Gasteiger partial charge in [0.2, 0.25) is 5.78 Å². The number of methoxy groups -OCH3 is 1. The van der Waals surface area contributed by atoms with Crippen LogP contribution in [0.3, 0.4) is 0 Å². The zero-order chi connectivity index (χ0) is 20.1. The second-order valence-corrected chi connectivity index (χ2v) is 5.73. The van der Waals surface area contributed by atoms with Crippen LogP contribution in [0.4, 0.5) is 4.79 Å². The molecule has 0 fully saturated rings. The van der Waals surface area contributed by atoms with E-state index in [1.54, 1.807) is 61.5 Å². The van der Waals surface area contributed by atoms with E-state index in [-0.39, 0.29) is 12.3 Å². The Hall–Kier alpha value is -3.81. The van der Waals surface area contributed by atoms with E-state index in [0.717, 1.165) is 4.68 Å². The molecular weight excluding hydrogens is 362 g/mol. The maximum atomic E-state index is 12.9. The number of carbonyl (C=O) groups is 2. The van der Waals surface area contributed by atoms with Crippen molar-refractivity contribution >= 4 is 11.9 Å². The number of ether oxygens (including phenoxy) is 2. The first kappa shape index (κ1) is 19.0. The number of rotatable bonds is 6. The lowest BCUT2D eigenvalue weighted by Crippen LogP contribution is -2.36. The number of nitrogens with zero attached hydrogens (tertiary/aromatic N) is 2. The zero-order valence-electron chi connectivity index (χ0n) is 15.4. The average molecular weight is 381 g/mol. The zero-order valence-corrected chi connectivity index (χ0v) is 15.4. The van der Waals surface area contributed by atoms with Crippen molar-refractivity contribution in [3.8, 4) is 11.4 Å². The molecule has 1 N–H and O–H groups in total. The van der Waals surface area contributed by atoms with Crippen LogP contribution >= 0.6 is 0 Å². The van der Waals surface area contributed by atoms with Gasteiger partial charge in [-0.15, -0.1) is 0 Å². The second kappa shape index (κ2) is 8.26. The molecule has 0 aliphatic heterocycles. The molecule has 8 heteroatoms. The molecule has 0 spiro atoms. The largest absolute Gasteiger partial charge is 0.497 e. The standard InChI is InChI=1S/C20H19N3O5/c1-3-28-19(25)21-23-17(18(24)14-7-5-4-6-8-14)13-22(20(23)26)15-9-11-16(27-2)12-10-15/h4-13H,3H2,1-2H3,(H,21,25). The summed E-state index contributed by atoms with van der Waals surface area (Å²) in [7, 11) is 1.54. The number of hydrogen-bond donors (Lipinski definition) is 1. The Morgan fingerprint density at radius 3 is 2.32 bits per heavy atom. The molecule has 0 aliphatic rings. The molecule has 1 amide bonds. The van der Waals surface area contributed by atoms with Crippen LogP contribution in [0.15, 0.2) is 65.6 Å². The average Bonchev–Trinajstić information content (AvgIpc) is 3.04. The van der Waals surface area contributed by atoms with Gasteiger partial charge in [-0.2, -0.15) is 4.68 Å². The van der Waals surface area contributed by atoms with Gasteiger partial charge >= 0.3 is 11.8 Å². The summed E-state index contributed by atoms with van der Waals surface area (Å²) in [6, 6.07) is 15.2. The summed E-state index contributed by atoms with van der Waals surface area (Å²) in [5, 5.41) is 0. The third-order valence-corrected chi connectivity index (χ3v) is 3.99. The van der Waals surface area contributed by atoms with Gasteiger partial charge in [0.15, 0.2) is 0 Å². The van der Waals surface area contributed by atoms with Gasteiger partial charge in [-0.1, -0.05) is 30.3 Å². The number of ketones is 1. The van der Waals surface area contributed by atoms with Crippen LogP contribution in [0, 0.1) is 0 Å². The van der Waals surface area contributed by atoms with Crippen LogP contribution in [0.5, 0.6) is 5.75 Å². The highest BCUT2D eigenvalue weighted by Crippen LogP contribution is 2.15. The summed E-state index contributed by atoms with van der Waals surface area (Å²) in [5.74, 6) is 0.211. The molecule has 0 radical (unpaired) electrons. The van der Waals surface area contributed by atoms with Crippen LogP contribution in [0.2, 0.25) is 0 Å². The minimum absolute atomic E-state index is 0.0000658. The summed E-state index contributed by atoms with van der Waals surface area (Å²) in [5.41, 5.74) is 2.60. The van der Waals surface area contributed by atoms with E-state index in [1.807, 2.05) is 0 Å². The third-order valence-electron chi connectivity index (χ3n) is 3.99. The molecule has 1 aromatic heterocycles. The lowest BCUT2D eigenvalue weighted by atomic mass is 10.1. The summed E-state index contributed by atoms with van der Waals surface area (Å²) in [6.45, 7) is 1.77. The van der Waals surface area contributed by atoms with E-state index in [2.05, 4.69) is 5.43 Å². The lowest BCUT2D eigenvalue weighted by Gasteiger charge is -2.08. The summed E-state index contributed by atoms with van der Waals surface area (Å²) in [6.07, 6.45) is 0.547. The minimum atomic E-state index is -0.834. The van der Waals surface area contributed by atoms with E-state index in [4.69, 9.17) is 9.47 Å². The Labute approximate surface area is 160 Å². The molecule has 144 valence electrons. The molecular formula is C20H19N3O5. The molecule has 1 heterocycles. The normalized spacial score (nSPS) is 10.4. The second-order valence-electron chi connectivity index (χ2n) is 5.73. The van der Waals surface area contributed by atoms with Gasteiger partial charge < -0.3 is 9.47 Å². The molecule has 8 nitrogen and oxygen atoms in total. The van der Waals surface area contributed by atoms with Crippen molar-refractivity contribution in [2.45, 2.75) is 6.92 Å². The fourth-order valence-electron chi connectivity index (χ4n) is 2.63. The highest BCUT2D eigenvalue weighted by Gasteiger charge is 2.21. The molecule has 3 rings (SSSR count). The minimum Gasteiger partial charge on any atom is -0.497 e. The molecule has 0 bridgehead atoms. The molecule has 0 atom stereocenters. The number of carbonyl (C=O) groups excluding carboxylic acids is 2. The molecule has 3 aromatic rings. The van der Waals surface area contributed by atoms with Gasteiger partial charge in [-0.3, -0.25) is 9.36 Å². The van der Waals surface area contributed by atoms with Gasteiger partial charge in [0.05, 0.1) is 19.4 Å². The first-order chi connectivity index (χ1) is 13.5. The van der Waals surface area contributed by atoms with Crippen molar-refractivity contribution in [2.75, 3.05) is 19.1 Å². The van der Waals surface area contributed by atoms with Gasteiger partial charge in [0.1, 0.15) is 11.4 Å². The van der Waals surface area contributed by atoms with Gasteiger partial charge in [0.25, 0.3) is 0 Å². The van der Waals surface area contributed by atoms with Gasteiger partial charge in [-0.05, 0) is 31.2 Å². The van der Waals surface area contributed by atoms with Crippen molar-refractivity contribution in [1.29, 1.82) is 0 Å². The summed E-state index contributed by atoms with van der Waals surface area (Å²) in [4.78, 5) is 37.7. The smallest absolute Gasteiger partial charge is 0.426 e. The van der Waals surface area contributed by atoms with Crippen LogP contribution in [0.25, 0.3) is 5.69 Å². The van der Waals surface area contributed by atoms with Gasteiger partial charge in [-0.25, -0.2) is 15.0 Å². The number of imidazole rings is 1. The highest BCUT2D eigenvalue weighted by molar-refractivity contribution is 6.08. The summed E-state index contributed by atoms with van der Waals surface area (Å²) >= 11 is 0. The predicted octanol–water partition coefficient (Wildman–Crippen LogP) is 2.58. The molecule has 0 aliphatic carbocycles. The topological polar surface area (TPSA) is 91.6 Å². The SMILES string of the molecule is CCOC(=O)Nn1c(C(=O)c2ccccc2)cn(-c2ccc(OC)cc2)c1=O. The maximum absolute atomic E-state index is 12.9. The summed E-state index contributed by atoms with van der Waals surface area (Å²) < 4.78 is 12.1. The fraction of sp³-hybridized carbons (Fsp3) is 0.150. The Bertz CT molecular complexity index is 1040. The monoisotopic (exact) mass is 381 g/mol. The van der Waals surface area contributed by atoms with Crippen LogP contribution in [-0.4, -0.2) is 34.8 Å². The van der Waals surface area contributed by atoms with Crippen LogP contribution < -0.4 is 15.9 Å². The van der Waals surface area contributed by atoms with Crippen molar-refractivity contribution < 1.29 is 19.1 Å². The molecule has 28 heavy (non-hydrogen) atoms. The van der Waals surface area contributed by atoms with Crippen LogP contribution in [-0.2, 0) is 4.74 Å². The molecule has 0 saturated heterocycles. The Morgan fingerprint density at radius 2 is 1.71 bits per heavy atom. The number of aromatic nitrogens is 2. The van der Waals surface area contributed by atoms with Crippen molar-refractivity contribution in [3.63, 3.8) is 0 Å². The molecule has 2 aromatic carbocycles. The Balaban J connectivity index is 2.09. The number of amides is 1. The molecule has 0 unspecified atom stereocenters. The van der Waals surface area contributed by atoms with E-state index in [9.17, 15) is 14.4 Å². The maximum Gasteiger partial charge on any atom is 0.426 e. The van der Waals surface area contributed by atoms with E-state index in [0.29, 0.717) is 17.0 Å². The first-order valence-corrected chi connectivity index (χ1v) is 8.57. The Kier molecular flexibility index (Phi) is 5.59. The number of nitrogens with one attached hydrogen (secondary N) is 1. The first-order valence-electron chi connectivity index (χ1n) is 8.57. The van der Waals surface area contributed by atoms with E-state index in [1.165, 1.54) is 17.9 Å². The fourth-order valence-corrected chi connectivity index (χ4v) is 2.63. The van der Waals surface area contributed by atoms with E-state index < -0.39 is 17.6 Å². The quantitative estimate of drug-likeness (QED) is 0.663. The number of benzene rings is 2. The van der Waals surface area contributed by atoms with Crippen molar-refractivity contribution in [2.24, 2.45) is 0 Å². The third kappa shape index (κ3) is 3.80. The Morgan fingerprint density at radius 1 is 1.04 bits per heavy atom. The van der Waals surface area contributed by atoms with Crippen LogP contribution in [0.1, 0.15) is 23.0 Å². The highest BCUT2D eigenvalue weighted by atomic mass is 16.6. The van der Waals surface area contributed by atoms with Gasteiger partial charge in [0, 0.05) is 11.8 Å². The van der Waals surface area contributed by atoms with E-state index >= 15 is 0 Å². The van der Waals surface area contributed by atoms with Crippen molar-refractivity contribution in [1.82, 2.24) is 9.24 Å². The van der Waals surface area contributed by atoms with Crippen molar-refractivity contribution in [3.05, 3.63) is 82.5 Å². The molecule has 0 saturated carbocycles. The predicted molar refractivity (Wildman–Crippen MR) is 103 cm³/mol. The lowest BCUT2D eigenvalue weighted by molar-refractivity contribution is 0.103.